The molecular weight excluding hydrogens is 536 g/mol. The number of alkyl halides is 2. The fourth-order valence-corrected chi connectivity index (χ4v) is 5.83. The number of hydrogen-bond acceptors (Lipinski definition) is 5. The van der Waals surface area contributed by atoms with Gasteiger partial charge in [-0.15, -0.1) is 5.73 Å². The molecule has 1 aliphatic rings. The summed E-state index contributed by atoms with van der Waals surface area (Å²) >= 11 is 0. The first kappa shape index (κ1) is 29.1. The molecule has 0 aliphatic carbocycles. The SMILES string of the molecule is C=C=C(N)CCCCCn1cc(-c2cc3c(cc2C(F)F)N(c2cc(OC)cc4c2cc(C)c(=O)n4C)CCC3)cn1. The van der Waals surface area contributed by atoms with Crippen molar-refractivity contribution in [2.24, 2.45) is 12.8 Å². The first-order valence-corrected chi connectivity index (χ1v) is 14.3. The minimum Gasteiger partial charge on any atom is -0.497 e. The van der Waals surface area contributed by atoms with E-state index in [4.69, 9.17) is 10.5 Å². The van der Waals surface area contributed by atoms with Crippen LogP contribution in [0.1, 0.15) is 55.2 Å². The summed E-state index contributed by atoms with van der Waals surface area (Å²) in [5, 5.41) is 5.33. The fraction of sp³-hybridized carbons (Fsp3) is 0.364. The van der Waals surface area contributed by atoms with Gasteiger partial charge >= 0.3 is 0 Å². The summed E-state index contributed by atoms with van der Waals surface area (Å²) in [4.78, 5) is 14.8. The van der Waals surface area contributed by atoms with E-state index < -0.39 is 6.43 Å². The topological polar surface area (TPSA) is 78.3 Å². The number of pyridine rings is 1. The molecule has 2 aromatic heterocycles. The molecule has 9 heteroatoms. The summed E-state index contributed by atoms with van der Waals surface area (Å²) in [5.74, 6) is 0.599. The van der Waals surface area contributed by atoms with Gasteiger partial charge in [0, 0.05) is 66.2 Å². The van der Waals surface area contributed by atoms with Gasteiger partial charge in [0.15, 0.2) is 0 Å². The highest BCUT2D eigenvalue weighted by Crippen LogP contribution is 2.43. The molecule has 4 aromatic rings. The van der Waals surface area contributed by atoms with E-state index in [0.717, 1.165) is 66.4 Å². The van der Waals surface area contributed by atoms with Crippen LogP contribution in [0.5, 0.6) is 5.75 Å². The summed E-state index contributed by atoms with van der Waals surface area (Å²) in [6.45, 7) is 6.71. The van der Waals surface area contributed by atoms with Crippen molar-refractivity contribution in [3.63, 3.8) is 0 Å². The molecule has 220 valence electrons. The zero-order valence-electron chi connectivity index (χ0n) is 24.4. The molecule has 3 heterocycles. The average molecular weight is 574 g/mol. The van der Waals surface area contributed by atoms with E-state index in [-0.39, 0.29) is 11.1 Å². The maximum Gasteiger partial charge on any atom is 0.264 e. The molecule has 0 bridgehead atoms. The monoisotopic (exact) mass is 573 g/mol. The summed E-state index contributed by atoms with van der Waals surface area (Å²) in [6, 6.07) is 9.16. The highest BCUT2D eigenvalue weighted by molar-refractivity contribution is 5.96. The smallest absolute Gasteiger partial charge is 0.264 e. The first-order chi connectivity index (χ1) is 20.2. The number of allylic oxidation sites excluding steroid dienone is 1. The lowest BCUT2D eigenvalue weighted by atomic mass is 9.92. The third kappa shape index (κ3) is 5.70. The van der Waals surface area contributed by atoms with E-state index in [9.17, 15) is 13.6 Å². The van der Waals surface area contributed by atoms with Gasteiger partial charge in [0.25, 0.3) is 12.0 Å². The van der Waals surface area contributed by atoms with Crippen molar-refractivity contribution >= 4 is 22.3 Å². The number of methoxy groups -OCH3 is 1. The van der Waals surface area contributed by atoms with E-state index >= 15 is 0 Å². The number of nitrogens with two attached hydrogens (primary N) is 1. The van der Waals surface area contributed by atoms with Gasteiger partial charge in [0.2, 0.25) is 0 Å². The second kappa shape index (κ2) is 12.2. The van der Waals surface area contributed by atoms with Crippen LogP contribution < -0.4 is 20.9 Å². The van der Waals surface area contributed by atoms with E-state index in [2.05, 4.69) is 22.3 Å². The van der Waals surface area contributed by atoms with Crippen molar-refractivity contribution in [3.8, 4) is 16.9 Å². The summed E-state index contributed by atoms with van der Waals surface area (Å²) in [6.07, 6.45) is 6.08. The number of unbranched alkanes of at least 4 members (excludes halogenated alkanes) is 2. The number of fused-ring (bicyclic) bond motifs is 2. The number of rotatable bonds is 10. The van der Waals surface area contributed by atoms with Crippen LogP contribution in [-0.4, -0.2) is 28.0 Å². The Hall–Kier alpha value is -4.36. The average Bonchev–Trinajstić information content (AvgIpc) is 3.47. The summed E-state index contributed by atoms with van der Waals surface area (Å²) in [5.41, 5.74) is 14.1. The molecule has 0 fully saturated rings. The zero-order chi connectivity index (χ0) is 30.0. The maximum absolute atomic E-state index is 14.6. The first-order valence-electron chi connectivity index (χ1n) is 14.3. The van der Waals surface area contributed by atoms with Gasteiger partial charge < -0.3 is 19.9 Å². The molecule has 0 amide bonds. The molecule has 0 saturated heterocycles. The Morgan fingerprint density at radius 1 is 1.17 bits per heavy atom. The fourth-order valence-electron chi connectivity index (χ4n) is 5.83. The lowest BCUT2D eigenvalue weighted by Crippen LogP contribution is -2.26. The quantitative estimate of drug-likeness (QED) is 0.164. The minimum atomic E-state index is -2.66. The van der Waals surface area contributed by atoms with Crippen LogP contribution in [0, 0.1) is 6.92 Å². The second-order valence-electron chi connectivity index (χ2n) is 10.9. The predicted octanol–water partition coefficient (Wildman–Crippen LogP) is 6.93. The normalized spacial score (nSPS) is 13.0. The number of hydrogen-bond donors (Lipinski definition) is 1. The number of aromatic nitrogens is 3. The standard InChI is InChI=1S/C33H37F2N5O2/c1-5-24(36)11-7-6-8-12-39-20-23(19-37-39)26-15-22-10-9-13-40(29(22)18-27(26)32(34)35)31-17-25(42-4)16-30-28(31)14-21(2)33(41)38(30)3/h14-20,32H,1,6-13,36H2,2-4H3. The minimum absolute atomic E-state index is 0.0253. The Morgan fingerprint density at radius 3 is 2.71 bits per heavy atom. The van der Waals surface area contributed by atoms with E-state index in [1.54, 1.807) is 37.9 Å². The van der Waals surface area contributed by atoms with Crippen LogP contribution >= 0.6 is 0 Å². The summed E-state index contributed by atoms with van der Waals surface area (Å²) < 4.78 is 38.2. The molecule has 7 nitrogen and oxygen atoms in total. The Kier molecular flexibility index (Phi) is 8.50. The molecule has 2 aromatic carbocycles. The lowest BCUT2D eigenvalue weighted by Gasteiger charge is -2.34. The van der Waals surface area contributed by atoms with Crippen molar-refractivity contribution in [1.29, 1.82) is 0 Å². The molecule has 0 saturated carbocycles. The molecule has 42 heavy (non-hydrogen) atoms. The van der Waals surface area contributed by atoms with Crippen LogP contribution in [0.3, 0.4) is 0 Å². The molecule has 1 aliphatic heterocycles. The molecule has 0 spiro atoms. The number of ether oxygens (including phenoxy) is 1. The van der Waals surface area contributed by atoms with Gasteiger partial charge in [-0.1, -0.05) is 13.0 Å². The molecule has 2 N–H and O–H groups in total. The second-order valence-corrected chi connectivity index (χ2v) is 10.9. The van der Waals surface area contributed by atoms with Crippen LogP contribution in [0.2, 0.25) is 0 Å². The lowest BCUT2D eigenvalue weighted by molar-refractivity contribution is 0.152. The molecule has 0 unspecified atom stereocenters. The van der Waals surface area contributed by atoms with Crippen LogP contribution in [-0.2, 0) is 20.0 Å². The van der Waals surface area contributed by atoms with Gasteiger partial charge in [0.1, 0.15) is 5.75 Å². The van der Waals surface area contributed by atoms with Crippen molar-refractivity contribution in [3.05, 3.63) is 87.8 Å². The van der Waals surface area contributed by atoms with E-state index in [1.165, 1.54) is 0 Å². The predicted molar refractivity (Wildman–Crippen MR) is 164 cm³/mol. The maximum atomic E-state index is 14.6. The third-order valence-corrected chi connectivity index (χ3v) is 8.11. The number of anilines is 2. The molecule has 0 atom stereocenters. The zero-order valence-corrected chi connectivity index (χ0v) is 24.4. The summed E-state index contributed by atoms with van der Waals surface area (Å²) in [7, 11) is 3.32. The van der Waals surface area contributed by atoms with Crippen LogP contribution in [0.25, 0.3) is 22.0 Å². The molecule has 5 rings (SSSR count). The third-order valence-electron chi connectivity index (χ3n) is 8.11. The number of aryl methyl sites for hydroxylation is 4. The van der Waals surface area contributed by atoms with Crippen LogP contribution in [0.4, 0.5) is 20.2 Å². The van der Waals surface area contributed by atoms with Crippen LogP contribution in [0.15, 0.2) is 65.5 Å². The Morgan fingerprint density at radius 2 is 1.98 bits per heavy atom. The molecular formula is C33H37F2N5O2. The van der Waals surface area contributed by atoms with Crippen molar-refractivity contribution in [2.75, 3.05) is 18.6 Å². The van der Waals surface area contributed by atoms with Gasteiger partial charge in [0.05, 0.1) is 30.2 Å². The van der Waals surface area contributed by atoms with Gasteiger partial charge in [-0.2, -0.15) is 5.10 Å². The largest absolute Gasteiger partial charge is 0.497 e. The van der Waals surface area contributed by atoms with Crippen molar-refractivity contribution in [2.45, 2.75) is 58.4 Å². The highest BCUT2D eigenvalue weighted by atomic mass is 19.3. The number of benzene rings is 2. The Bertz CT molecular complexity index is 1730. The van der Waals surface area contributed by atoms with E-state index in [0.29, 0.717) is 41.2 Å². The van der Waals surface area contributed by atoms with Gasteiger partial charge in [-0.05, 0) is 68.4 Å². The van der Waals surface area contributed by atoms with Crippen molar-refractivity contribution < 1.29 is 13.5 Å². The number of halogens is 2. The Balaban J connectivity index is 1.51. The van der Waals surface area contributed by atoms with Gasteiger partial charge in [-0.3, -0.25) is 9.48 Å². The molecule has 0 radical (unpaired) electrons. The highest BCUT2D eigenvalue weighted by Gasteiger charge is 2.26. The Labute approximate surface area is 244 Å². The van der Waals surface area contributed by atoms with Gasteiger partial charge in [-0.25, -0.2) is 8.78 Å². The number of nitrogens with zero attached hydrogens (tertiary/aromatic N) is 4. The van der Waals surface area contributed by atoms with E-state index in [1.807, 2.05) is 35.1 Å². The van der Waals surface area contributed by atoms with Crippen molar-refractivity contribution in [1.82, 2.24) is 14.3 Å².